The zero-order chi connectivity index (χ0) is 12.3. The Kier molecular flexibility index (Phi) is 3.59. The van der Waals surface area contributed by atoms with Crippen LogP contribution in [0.1, 0.15) is 38.2 Å². The topological polar surface area (TPSA) is 35.8 Å². The summed E-state index contributed by atoms with van der Waals surface area (Å²) in [6, 6.07) is 7.59. The Bertz CT molecular complexity index is 444. The largest absolute Gasteiger partial charge is 0.384 e. The van der Waals surface area contributed by atoms with E-state index >= 15 is 0 Å². The quantitative estimate of drug-likeness (QED) is 0.848. The van der Waals surface area contributed by atoms with Crippen LogP contribution in [0.25, 0.3) is 0 Å². The van der Waals surface area contributed by atoms with Gasteiger partial charge in [0, 0.05) is 12.2 Å². The summed E-state index contributed by atoms with van der Waals surface area (Å²) in [5.74, 6) is 0. The summed E-state index contributed by atoms with van der Waals surface area (Å²) >= 11 is 5.99. The van der Waals surface area contributed by atoms with Crippen molar-refractivity contribution < 1.29 is 0 Å². The van der Waals surface area contributed by atoms with Crippen LogP contribution in [0.4, 0.5) is 5.69 Å². The van der Waals surface area contributed by atoms with Gasteiger partial charge < -0.3 is 5.32 Å². The van der Waals surface area contributed by atoms with Crippen LogP contribution in [-0.2, 0) is 0 Å². The van der Waals surface area contributed by atoms with Crippen LogP contribution in [-0.4, -0.2) is 6.54 Å². The monoisotopic (exact) mass is 248 g/mol. The molecule has 0 saturated heterocycles. The Balaban J connectivity index is 1.96. The van der Waals surface area contributed by atoms with Crippen molar-refractivity contribution in [1.82, 2.24) is 0 Å². The molecule has 0 aromatic heterocycles. The lowest BCUT2D eigenvalue weighted by atomic mass is 10.0. The SMILES string of the molecule is CCCC1(CNc2ccc(C#N)c(Cl)c2)CC1. The highest BCUT2D eigenvalue weighted by Crippen LogP contribution is 2.49. The van der Waals surface area contributed by atoms with Crippen molar-refractivity contribution in [3.05, 3.63) is 28.8 Å². The van der Waals surface area contributed by atoms with E-state index in [2.05, 4.69) is 18.3 Å². The maximum atomic E-state index is 8.79. The third-order valence-corrected chi connectivity index (χ3v) is 3.81. The molecule has 1 saturated carbocycles. The number of anilines is 1. The van der Waals surface area contributed by atoms with Gasteiger partial charge in [-0.05, 0) is 42.9 Å². The van der Waals surface area contributed by atoms with E-state index in [9.17, 15) is 0 Å². The lowest BCUT2D eigenvalue weighted by Crippen LogP contribution is -2.15. The molecular weight excluding hydrogens is 232 g/mol. The fourth-order valence-corrected chi connectivity index (χ4v) is 2.45. The van der Waals surface area contributed by atoms with E-state index in [0.717, 1.165) is 12.2 Å². The Morgan fingerprint density at radius 1 is 1.47 bits per heavy atom. The molecule has 2 rings (SSSR count). The van der Waals surface area contributed by atoms with E-state index < -0.39 is 0 Å². The van der Waals surface area contributed by atoms with Crippen LogP contribution < -0.4 is 5.32 Å². The van der Waals surface area contributed by atoms with Crippen LogP contribution in [0.2, 0.25) is 5.02 Å². The molecule has 1 fully saturated rings. The first-order valence-corrected chi connectivity index (χ1v) is 6.50. The smallest absolute Gasteiger partial charge is 0.101 e. The van der Waals surface area contributed by atoms with Crippen molar-refractivity contribution in [3.8, 4) is 6.07 Å². The van der Waals surface area contributed by atoms with Gasteiger partial charge in [-0.25, -0.2) is 0 Å². The molecule has 1 N–H and O–H groups in total. The van der Waals surface area contributed by atoms with Gasteiger partial charge in [0.25, 0.3) is 0 Å². The Morgan fingerprint density at radius 2 is 2.24 bits per heavy atom. The molecule has 1 aliphatic rings. The summed E-state index contributed by atoms with van der Waals surface area (Å²) in [4.78, 5) is 0. The first kappa shape index (κ1) is 12.3. The van der Waals surface area contributed by atoms with Gasteiger partial charge >= 0.3 is 0 Å². The fraction of sp³-hybridized carbons (Fsp3) is 0.500. The molecule has 0 radical (unpaired) electrons. The van der Waals surface area contributed by atoms with Crippen molar-refractivity contribution in [2.75, 3.05) is 11.9 Å². The molecule has 1 aliphatic carbocycles. The molecule has 0 heterocycles. The molecule has 0 atom stereocenters. The second-order valence-corrected chi connectivity index (χ2v) is 5.32. The molecular formula is C14H17ClN2. The second kappa shape index (κ2) is 4.98. The summed E-state index contributed by atoms with van der Waals surface area (Å²) in [5, 5.41) is 12.7. The Morgan fingerprint density at radius 3 is 2.76 bits per heavy atom. The standard InChI is InChI=1S/C14H17ClN2/c1-2-5-14(6-7-14)10-17-12-4-3-11(9-16)13(15)8-12/h3-4,8,17H,2,5-7,10H2,1H3. The van der Waals surface area contributed by atoms with Gasteiger partial charge in [-0.15, -0.1) is 0 Å². The number of nitrogens with zero attached hydrogens (tertiary/aromatic N) is 1. The van der Waals surface area contributed by atoms with Crippen LogP contribution in [0.5, 0.6) is 0 Å². The highest BCUT2D eigenvalue weighted by Gasteiger charge is 2.40. The highest BCUT2D eigenvalue weighted by molar-refractivity contribution is 6.32. The minimum atomic E-state index is 0.523. The molecule has 90 valence electrons. The summed E-state index contributed by atoms with van der Waals surface area (Å²) in [5.41, 5.74) is 2.07. The first-order valence-electron chi connectivity index (χ1n) is 6.13. The van der Waals surface area contributed by atoms with Gasteiger partial charge in [-0.3, -0.25) is 0 Å². The average Bonchev–Trinajstić information content (AvgIpc) is 3.08. The van der Waals surface area contributed by atoms with Crippen molar-refractivity contribution in [2.45, 2.75) is 32.6 Å². The molecule has 1 aromatic rings. The second-order valence-electron chi connectivity index (χ2n) is 4.91. The van der Waals surface area contributed by atoms with Gasteiger partial charge in [0.2, 0.25) is 0 Å². The molecule has 1 aromatic carbocycles. The fourth-order valence-electron chi connectivity index (χ4n) is 2.23. The predicted octanol–water partition coefficient (Wildman–Crippen LogP) is 4.20. The van der Waals surface area contributed by atoms with Crippen LogP contribution in [0, 0.1) is 16.7 Å². The summed E-state index contributed by atoms with van der Waals surface area (Å²) in [7, 11) is 0. The molecule has 0 spiro atoms. The van der Waals surface area contributed by atoms with Crippen LogP contribution in [0.15, 0.2) is 18.2 Å². The molecule has 0 bridgehead atoms. The van der Waals surface area contributed by atoms with E-state index in [1.807, 2.05) is 12.1 Å². The minimum absolute atomic E-state index is 0.523. The molecule has 0 amide bonds. The Labute approximate surface area is 108 Å². The number of hydrogen-bond acceptors (Lipinski definition) is 2. The van der Waals surface area contributed by atoms with Crippen molar-refractivity contribution in [2.24, 2.45) is 5.41 Å². The number of nitriles is 1. The normalized spacial score (nSPS) is 16.3. The van der Waals surface area contributed by atoms with Gasteiger partial charge in [0.15, 0.2) is 0 Å². The van der Waals surface area contributed by atoms with Gasteiger partial charge in [-0.1, -0.05) is 24.9 Å². The van der Waals surface area contributed by atoms with Crippen molar-refractivity contribution in [3.63, 3.8) is 0 Å². The number of halogens is 1. The van der Waals surface area contributed by atoms with Crippen LogP contribution in [0.3, 0.4) is 0 Å². The van der Waals surface area contributed by atoms with Gasteiger partial charge in [0.05, 0.1) is 10.6 Å². The van der Waals surface area contributed by atoms with E-state index in [0.29, 0.717) is 16.0 Å². The van der Waals surface area contributed by atoms with E-state index in [1.54, 1.807) is 6.07 Å². The zero-order valence-electron chi connectivity index (χ0n) is 10.1. The highest BCUT2D eigenvalue weighted by atomic mass is 35.5. The summed E-state index contributed by atoms with van der Waals surface area (Å²) in [6.45, 7) is 3.25. The molecule has 2 nitrogen and oxygen atoms in total. The zero-order valence-corrected chi connectivity index (χ0v) is 10.8. The van der Waals surface area contributed by atoms with Gasteiger partial charge in [0.1, 0.15) is 6.07 Å². The molecule has 3 heteroatoms. The Hall–Kier alpha value is -1.20. The summed E-state index contributed by atoms with van der Waals surface area (Å²) in [6.07, 6.45) is 5.20. The maximum Gasteiger partial charge on any atom is 0.101 e. The number of nitrogens with one attached hydrogen (secondary N) is 1. The summed E-state index contributed by atoms with van der Waals surface area (Å²) < 4.78 is 0. The maximum absolute atomic E-state index is 8.79. The van der Waals surface area contributed by atoms with E-state index in [1.165, 1.54) is 25.7 Å². The van der Waals surface area contributed by atoms with E-state index in [-0.39, 0.29) is 0 Å². The lowest BCUT2D eigenvalue weighted by molar-refractivity contribution is 0.486. The van der Waals surface area contributed by atoms with Crippen LogP contribution >= 0.6 is 11.6 Å². The van der Waals surface area contributed by atoms with Gasteiger partial charge in [-0.2, -0.15) is 5.26 Å². The third kappa shape index (κ3) is 2.92. The first-order chi connectivity index (χ1) is 8.19. The third-order valence-electron chi connectivity index (χ3n) is 3.49. The minimum Gasteiger partial charge on any atom is -0.384 e. The average molecular weight is 249 g/mol. The molecule has 0 aliphatic heterocycles. The number of rotatable bonds is 5. The van der Waals surface area contributed by atoms with Crippen molar-refractivity contribution in [1.29, 1.82) is 5.26 Å². The number of benzene rings is 1. The number of hydrogen-bond donors (Lipinski definition) is 1. The molecule has 0 unspecified atom stereocenters. The van der Waals surface area contributed by atoms with E-state index in [4.69, 9.17) is 16.9 Å². The predicted molar refractivity (Wildman–Crippen MR) is 71.2 cm³/mol. The molecule has 17 heavy (non-hydrogen) atoms. The lowest BCUT2D eigenvalue weighted by Gasteiger charge is -2.16. The van der Waals surface area contributed by atoms with Crippen molar-refractivity contribution >= 4 is 17.3 Å².